The number of hydrogen-bond acceptors (Lipinski definition) is 6. The number of hydrogen-bond donors (Lipinski definition) is 1. The highest BCUT2D eigenvalue weighted by atomic mass is 19.4. The lowest BCUT2D eigenvalue weighted by atomic mass is 9.44. The van der Waals surface area contributed by atoms with Crippen molar-refractivity contribution in [3.63, 3.8) is 0 Å². The Hall–Kier alpha value is -4.96. The van der Waals surface area contributed by atoms with Gasteiger partial charge in [0.15, 0.2) is 23.0 Å². The van der Waals surface area contributed by atoms with Crippen LogP contribution < -0.4 is 0 Å². The van der Waals surface area contributed by atoms with E-state index in [4.69, 9.17) is 0 Å². The van der Waals surface area contributed by atoms with Crippen LogP contribution in [0.1, 0.15) is 54.0 Å². The third-order valence-corrected chi connectivity index (χ3v) is 9.08. The van der Waals surface area contributed by atoms with Crippen molar-refractivity contribution in [2.75, 3.05) is 0 Å². The number of nitro groups is 1. The number of fused-ring (bicyclic) bond motifs is 1. The molecule has 0 bridgehead atoms. The third kappa shape index (κ3) is 3.83. The molecular formula is C34H24F3NO6. The van der Waals surface area contributed by atoms with Crippen molar-refractivity contribution in [3.05, 3.63) is 153 Å². The van der Waals surface area contributed by atoms with E-state index in [1.165, 1.54) is 97.1 Å². The molecule has 2 aliphatic rings. The normalized spacial score (nSPS) is 25.9. The minimum absolute atomic E-state index is 0.0302. The Morgan fingerprint density at radius 3 is 1.61 bits per heavy atom. The van der Waals surface area contributed by atoms with Gasteiger partial charge in [0.1, 0.15) is 5.41 Å². The van der Waals surface area contributed by atoms with Crippen molar-refractivity contribution in [1.82, 2.24) is 0 Å². The van der Waals surface area contributed by atoms with Crippen LogP contribution in [0.15, 0.2) is 115 Å². The largest absolute Gasteiger partial charge is 0.419 e. The average molecular weight is 600 g/mol. The molecule has 222 valence electrons. The number of alkyl halides is 3. The van der Waals surface area contributed by atoms with Crippen LogP contribution in [-0.2, 0) is 0 Å². The van der Waals surface area contributed by atoms with Crippen molar-refractivity contribution in [2.24, 2.45) is 11.3 Å². The second kappa shape index (κ2) is 10.3. The van der Waals surface area contributed by atoms with Gasteiger partial charge in [-0.15, -0.1) is 0 Å². The van der Waals surface area contributed by atoms with E-state index < -0.39 is 74.4 Å². The molecule has 0 aromatic heterocycles. The molecule has 44 heavy (non-hydrogen) atoms. The van der Waals surface area contributed by atoms with Crippen LogP contribution in [0.3, 0.4) is 0 Å². The Bertz CT molecular complexity index is 1740. The summed E-state index contributed by atoms with van der Waals surface area (Å²) in [6.07, 6.45) is -5.79. The molecule has 1 saturated carbocycles. The van der Waals surface area contributed by atoms with Crippen LogP contribution in [0, 0.1) is 21.4 Å². The monoisotopic (exact) mass is 599 g/mol. The Kier molecular flexibility index (Phi) is 6.85. The van der Waals surface area contributed by atoms with E-state index in [1.807, 2.05) is 0 Å². The molecule has 1 spiro atoms. The van der Waals surface area contributed by atoms with Gasteiger partial charge in [0.05, 0.1) is 17.8 Å². The van der Waals surface area contributed by atoms with Gasteiger partial charge in [0, 0.05) is 21.6 Å². The Morgan fingerprint density at radius 2 is 1.16 bits per heavy atom. The first-order valence-corrected chi connectivity index (χ1v) is 13.8. The smallest absolute Gasteiger partial charge is 0.379 e. The molecule has 0 amide bonds. The summed E-state index contributed by atoms with van der Waals surface area (Å²) in [7, 11) is 0. The Labute approximate surface area is 249 Å². The van der Waals surface area contributed by atoms with Gasteiger partial charge in [-0.3, -0.25) is 24.5 Å². The zero-order valence-corrected chi connectivity index (χ0v) is 22.8. The van der Waals surface area contributed by atoms with Gasteiger partial charge in [-0.2, -0.15) is 13.2 Å². The van der Waals surface area contributed by atoms with Crippen molar-refractivity contribution >= 4 is 17.3 Å². The van der Waals surface area contributed by atoms with Crippen molar-refractivity contribution in [1.29, 1.82) is 0 Å². The molecular weight excluding hydrogens is 575 g/mol. The zero-order valence-electron chi connectivity index (χ0n) is 22.8. The van der Waals surface area contributed by atoms with Gasteiger partial charge in [0.2, 0.25) is 6.04 Å². The van der Waals surface area contributed by atoms with Crippen LogP contribution in [0.2, 0.25) is 0 Å². The number of Topliss-reactive ketones (excluding diaryl/α,β-unsaturated/α-hetero) is 3. The summed E-state index contributed by atoms with van der Waals surface area (Å²) in [5.74, 6) is -10.8. The average Bonchev–Trinajstić information content (AvgIpc) is 3.25. The second-order valence-electron chi connectivity index (χ2n) is 11.1. The molecule has 0 heterocycles. The topological polar surface area (TPSA) is 115 Å². The number of nitrogens with zero attached hydrogens (tertiary/aromatic N) is 1. The van der Waals surface area contributed by atoms with Gasteiger partial charge in [-0.05, 0) is 11.1 Å². The van der Waals surface area contributed by atoms with Crippen LogP contribution in [-0.4, -0.2) is 45.2 Å². The highest BCUT2D eigenvalue weighted by Crippen LogP contribution is 2.68. The van der Waals surface area contributed by atoms with Crippen molar-refractivity contribution in [3.8, 4) is 0 Å². The van der Waals surface area contributed by atoms with Gasteiger partial charge < -0.3 is 5.11 Å². The summed E-state index contributed by atoms with van der Waals surface area (Å²) < 4.78 is 47.8. The minimum Gasteiger partial charge on any atom is -0.379 e. The number of ketones is 3. The molecule has 4 aromatic rings. The predicted molar refractivity (Wildman–Crippen MR) is 152 cm³/mol. The number of carbonyl (C=O) groups is 3. The van der Waals surface area contributed by atoms with E-state index >= 15 is 13.2 Å². The first kappa shape index (κ1) is 29.1. The van der Waals surface area contributed by atoms with E-state index in [-0.39, 0.29) is 16.7 Å². The first-order chi connectivity index (χ1) is 21.0. The maximum Gasteiger partial charge on any atom is 0.419 e. The van der Waals surface area contributed by atoms with Crippen molar-refractivity contribution < 1.29 is 37.6 Å². The fourth-order valence-corrected chi connectivity index (χ4v) is 7.40. The van der Waals surface area contributed by atoms with Gasteiger partial charge in [-0.1, -0.05) is 115 Å². The van der Waals surface area contributed by atoms with E-state index in [0.29, 0.717) is 0 Å². The van der Waals surface area contributed by atoms with Gasteiger partial charge >= 0.3 is 6.18 Å². The fraction of sp³-hybridized carbons (Fsp3) is 0.206. The number of halogens is 3. The molecule has 0 radical (unpaired) electrons. The number of rotatable bonds is 5. The lowest BCUT2D eigenvalue weighted by Crippen LogP contribution is -2.76. The van der Waals surface area contributed by atoms with E-state index in [9.17, 15) is 29.6 Å². The quantitative estimate of drug-likeness (QED) is 0.129. The van der Waals surface area contributed by atoms with Crippen LogP contribution >= 0.6 is 0 Å². The highest BCUT2D eigenvalue weighted by Gasteiger charge is 2.86. The van der Waals surface area contributed by atoms with E-state index in [0.717, 1.165) is 12.1 Å². The molecule has 4 aromatic carbocycles. The molecule has 2 aliphatic carbocycles. The Balaban J connectivity index is 1.81. The predicted octanol–water partition coefficient (Wildman–Crippen LogP) is 6.07. The van der Waals surface area contributed by atoms with Crippen LogP contribution in [0.4, 0.5) is 13.2 Å². The molecule has 1 N–H and O–H groups in total. The summed E-state index contributed by atoms with van der Waals surface area (Å²) in [5.41, 5.74) is -9.14. The molecule has 0 saturated heterocycles. The summed E-state index contributed by atoms with van der Waals surface area (Å²) in [5, 5.41) is 25.7. The lowest BCUT2D eigenvalue weighted by Gasteiger charge is -2.57. The number of aliphatic hydroxyl groups is 1. The van der Waals surface area contributed by atoms with E-state index in [1.54, 1.807) is 6.07 Å². The molecule has 0 unspecified atom stereocenters. The second-order valence-corrected chi connectivity index (χ2v) is 11.1. The fourth-order valence-electron chi connectivity index (χ4n) is 7.40. The third-order valence-electron chi connectivity index (χ3n) is 9.08. The zero-order chi connectivity index (χ0) is 31.4. The first-order valence-electron chi connectivity index (χ1n) is 13.8. The molecule has 7 nitrogen and oxygen atoms in total. The molecule has 6 rings (SSSR count). The molecule has 0 aliphatic heterocycles. The maximum atomic E-state index is 15.9. The summed E-state index contributed by atoms with van der Waals surface area (Å²) in [4.78, 5) is 55.8. The minimum atomic E-state index is -5.79. The number of benzene rings is 4. The maximum absolute atomic E-state index is 15.9. The van der Waals surface area contributed by atoms with Gasteiger partial charge in [-0.25, -0.2) is 0 Å². The summed E-state index contributed by atoms with van der Waals surface area (Å²) in [6.45, 7) is 0. The van der Waals surface area contributed by atoms with E-state index in [2.05, 4.69) is 0 Å². The van der Waals surface area contributed by atoms with Crippen LogP contribution in [0.5, 0.6) is 0 Å². The van der Waals surface area contributed by atoms with Gasteiger partial charge in [0.25, 0.3) is 0 Å². The van der Waals surface area contributed by atoms with Crippen LogP contribution in [0.25, 0.3) is 0 Å². The summed E-state index contributed by atoms with van der Waals surface area (Å²) >= 11 is 0. The molecule has 10 heteroatoms. The lowest BCUT2D eigenvalue weighted by molar-refractivity contribution is -0.544. The highest BCUT2D eigenvalue weighted by molar-refractivity contribution is 6.31. The standard InChI is InChI=1S/C34H24F3NO6/c35-34(36,37)33(42)27(29(39)22-16-8-3-9-17-22)25(20-12-4-1-5-13-20)28(38(43)44)26(21-14-6-2-7-15-21)32(33)30(40)23-18-10-11-19-24(23)31(32)41/h1-19,25-28,42H/t25-,26+,27-,28-,33+/m1/s1. The number of carbonyl (C=O) groups excluding carboxylic acids is 3. The Morgan fingerprint density at radius 1 is 0.727 bits per heavy atom. The molecule has 1 fully saturated rings. The SMILES string of the molecule is O=C(c1ccccc1)[C@H]1[C@@H](c2ccccc2)[C@@H]([N+](=O)[O-])[C@H](c2ccccc2)C2(C(=O)c3ccccc3C2=O)[C@]1(O)C(F)(F)F. The van der Waals surface area contributed by atoms with Crippen molar-refractivity contribution in [2.45, 2.75) is 29.7 Å². The summed E-state index contributed by atoms with van der Waals surface area (Å²) in [6, 6.07) is 23.8. The molecule has 5 atom stereocenters.